The van der Waals surface area contributed by atoms with Crippen molar-refractivity contribution in [3.63, 3.8) is 0 Å². The van der Waals surface area contributed by atoms with E-state index in [1.807, 2.05) is 0 Å². The highest BCUT2D eigenvalue weighted by atomic mass is 16.5. The summed E-state index contributed by atoms with van der Waals surface area (Å²) in [5.74, 6) is 0. The Morgan fingerprint density at radius 1 is 0.560 bits per heavy atom. The molecule has 25 heavy (non-hydrogen) atoms. The minimum absolute atomic E-state index is 0.173. The summed E-state index contributed by atoms with van der Waals surface area (Å²) in [6.45, 7) is 2.71. The predicted molar refractivity (Wildman–Crippen MR) is 98.4 cm³/mol. The Kier molecular flexibility index (Phi) is 9.23. The maximum Gasteiger partial charge on any atom is 0.0716 e. The van der Waals surface area contributed by atoms with Gasteiger partial charge in [0.2, 0.25) is 0 Å². The van der Waals surface area contributed by atoms with E-state index in [9.17, 15) is 0 Å². The Bertz CT molecular complexity index is 524. The molecule has 2 N–H and O–H groups in total. The molecule has 0 amide bonds. The van der Waals surface area contributed by atoms with Crippen LogP contribution in [0.2, 0.25) is 0 Å². The zero-order chi connectivity index (χ0) is 17.7. The molecule has 0 heterocycles. The zero-order valence-corrected chi connectivity index (χ0v) is 14.7. The fraction of sp³-hybridized carbons (Fsp3) is 0.429. The average Bonchev–Trinajstić information content (AvgIpc) is 2.65. The Labute approximate surface area is 150 Å². The van der Waals surface area contributed by atoms with E-state index in [1.54, 1.807) is 0 Å². The van der Waals surface area contributed by atoms with E-state index < -0.39 is 0 Å². The zero-order valence-electron chi connectivity index (χ0n) is 14.7. The third kappa shape index (κ3) is 7.80. The number of hydrogen-bond donors (Lipinski definition) is 2. The Morgan fingerprint density at radius 3 is 1.28 bits per heavy atom. The molecule has 0 saturated heterocycles. The van der Waals surface area contributed by atoms with Gasteiger partial charge in [-0.15, -0.1) is 0 Å². The van der Waals surface area contributed by atoms with Crippen molar-refractivity contribution in [3.8, 4) is 0 Å². The normalized spacial score (nSPS) is 11.0. The molecule has 0 fully saturated rings. The van der Waals surface area contributed by atoms with E-state index in [0.29, 0.717) is 39.3 Å². The maximum atomic E-state index is 8.73. The van der Waals surface area contributed by atoms with Gasteiger partial charge in [-0.2, -0.15) is 0 Å². The van der Waals surface area contributed by atoms with Gasteiger partial charge in [0.25, 0.3) is 0 Å². The fourth-order valence-electron chi connectivity index (χ4n) is 2.46. The third-order valence-electron chi connectivity index (χ3n) is 3.89. The molecule has 0 atom stereocenters. The van der Waals surface area contributed by atoms with Crippen LogP contribution in [0.25, 0.3) is 0 Å². The van der Waals surface area contributed by atoms with Crippen LogP contribution in [-0.4, -0.2) is 36.6 Å². The smallest absolute Gasteiger partial charge is 0.0716 e. The second-order valence-electron chi connectivity index (χ2n) is 6.07. The van der Waals surface area contributed by atoms with Crippen molar-refractivity contribution >= 4 is 0 Å². The van der Waals surface area contributed by atoms with Crippen molar-refractivity contribution in [1.82, 2.24) is 0 Å². The van der Waals surface area contributed by atoms with Crippen molar-refractivity contribution in [1.29, 1.82) is 0 Å². The quantitative estimate of drug-likeness (QED) is 0.581. The monoisotopic (exact) mass is 344 g/mol. The van der Waals surface area contributed by atoms with Gasteiger partial charge in [0.15, 0.2) is 0 Å². The van der Waals surface area contributed by atoms with Crippen LogP contribution in [-0.2, 0) is 29.1 Å². The molecule has 0 spiro atoms. The largest absolute Gasteiger partial charge is 0.396 e. The molecule has 0 aliphatic rings. The van der Waals surface area contributed by atoms with Crippen LogP contribution in [0, 0.1) is 0 Å². The minimum atomic E-state index is 0.173. The van der Waals surface area contributed by atoms with E-state index >= 15 is 0 Å². The van der Waals surface area contributed by atoms with Crippen molar-refractivity contribution in [3.05, 3.63) is 70.8 Å². The van der Waals surface area contributed by atoms with Crippen molar-refractivity contribution in [2.24, 2.45) is 0 Å². The summed E-state index contributed by atoms with van der Waals surface area (Å²) in [5, 5.41) is 17.5. The van der Waals surface area contributed by atoms with Crippen LogP contribution in [0.15, 0.2) is 48.5 Å². The van der Waals surface area contributed by atoms with Gasteiger partial charge >= 0.3 is 0 Å². The van der Waals surface area contributed by atoms with Crippen molar-refractivity contribution < 1.29 is 19.7 Å². The fourth-order valence-corrected chi connectivity index (χ4v) is 2.46. The first-order valence-electron chi connectivity index (χ1n) is 8.84. The van der Waals surface area contributed by atoms with Gasteiger partial charge in [-0.25, -0.2) is 0 Å². The number of aliphatic hydroxyl groups excluding tert-OH is 2. The second kappa shape index (κ2) is 11.8. The lowest BCUT2D eigenvalue weighted by Crippen LogP contribution is -1.98. The van der Waals surface area contributed by atoms with E-state index in [2.05, 4.69) is 48.5 Å². The van der Waals surface area contributed by atoms with Crippen LogP contribution in [0.3, 0.4) is 0 Å². The molecule has 136 valence electrons. The van der Waals surface area contributed by atoms with E-state index in [0.717, 1.165) is 17.5 Å². The van der Waals surface area contributed by atoms with Gasteiger partial charge in [0, 0.05) is 26.4 Å². The molecular formula is C21H28O4. The van der Waals surface area contributed by atoms with Gasteiger partial charge < -0.3 is 19.7 Å². The van der Waals surface area contributed by atoms with Crippen LogP contribution >= 0.6 is 0 Å². The number of rotatable bonds is 12. The molecule has 0 radical (unpaired) electrons. The molecule has 0 unspecified atom stereocenters. The number of benzene rings is 2. The highest BCUT2D eigenvalue weighted by molar-refractivity contribution is 5.30. The minimum Gasteiger partial charge on any atom is -0.396 e. The van der Waals surface area contributed by atoms with Crippen molar-refractivity contribution in [2.45, 2.75) is 32.5 Å². The van der Waals surface area contributed by atoms with E-state index in [4.69, 9.17) is 19.7 Å². The molecule has 4 nitrogen and oxygen atoms in total. The molecular weight excluding hydrogens is 316 g/mol. The standard InChI is InChI=1S/C21H28O4/c22-11-1-13-24-16-20-7-3-18(4-8-20)15-19-5-9-21(10-6-19)17-25-14-2-12-23/h3-10,22-23H,1-2,11-17H2. The lowest BCUT2D eigenvalue weighted by molar-refractivity contribution is 0.104. The molecule has 0 aliphatic carbocycles. The summed E-state index contributed by atoms with van der Waals surface area (Å²) in [7, 11) is 0. The highest BCUT2D eigenvalue weighted by Gasteiger charge is 2.00. The molecule has 2 aromatic carbocycles. The van der Waals surface area contributed by atoms with Gasteiger partial charge in [-0.05, 0) is 41.5 Å². The van der Waals surface area contributed by atoms with Gasteiger partial charge in [-0.3, -0.25) is 0 Å². The first-order chi connectivity index (χ1) is 12.3. The van der Waals surface area contributed by atoms with Gasteiger partial charge in [0.1, 0.15) is 0 Å². The summed E-state index contributed by atoms with van der Waals surface area (Å²) in [6, 6.07) is 16.9. The lowest BCUT2D eigenvalue weighted by Gasteiger charge is -2.07. The van der Waals surface area contributed by atoms with Crippen molar-refractivity contribution in [2.75, 3.05) is 26.4 Å². The molecule has 0 aliphatic heterocycles. The SMILES string of the molecule is OCCCOCc1ccc(Cc2ccc(COCCCO)cc2)cc1. The number of aliphatic hydroxyl groups is 2. The molecule has 2 rings (SSSR count). The Morgan fingerprint density at radius 2 is 0.920 bits per heavy atom. The van der Waals surface area contributed by atoms with Crippen LogP contribution in [0.4, 0.5) is 0 Å². The molecule has 4 heteroatoms. The lowest BCUT2D eigenvalue weighted by atomic mass is 10.0. The van der Waals surface area contributed by atoms with E-state index in [1.165, 1.54) is 11.1 Å². The summed E-state index contributed by atoms with van der Waals surface area (Å²) in [6.07, 6.45) is 2.26. The Hall–Kier alpha value is -1.72. The first-order valence-corrected chi connectivity index (χ1v) is 8.84. The molecule has 2 aromatic rings. The molecule has 0 saturated carbocycles. The summed E-state index contributed by atoms with van der Waals surface area (Å²) in [5.41, 5.74) is 4.84. The molecule has 0 aromatic heterocycles. The second-order valence-corrected chi connectivity index (χ2v) is 6.07. The number of ether oxygens (including phenoxy) is 2. The Balaban J connectivity index is 1.77. The highest BCUT2D eigenvalue weighted by Crippen LogP contribution is 2.13. The molecule has 0 bridgehead atoms. The van der Waals surface area contributed by atoms with Gasteiger partial charge in [0.05, 0.1) is 13.2 Å². The first kappa shape index (κ1) is 19.6. The van der Waals surface area contributed by atoms with Crippen LogP contribution in [0.5, 0.6) is 0 Å². The summed E-state index contributed by atoms with van der Waals surface area (Å²) < 4.78 is 11.0. The number of hydrogen-bond acceptors (Lipinski definition) is 4. The van der Waals surface area contributed by atoms with Gasteiger partial charge in [-0.1, -0.05) is 48.5 Å². The summed E-state index contributed by atoms with van der Waals surface area (Å²) >= 11 is 0. The maximum absolute atomic E-state index is 8.73. The van der Waals surface area contributed by atoms with E-state index in [-0.39, 0.29) is 13.2 Å². The average molecular weight is 344 g/mol. The third-order valence-corrected chi connectivity index (χ3v) is 3.89. The van der Waals surface area contributed by atoms with Crippen LogP contribution < -0.4 is 0 Å². The van der Waals surface area contributed by atoms with Crippen LogP contribution in [0.1, 0.15) is 35.1 Å². The summed E-state index contributed by atoms with van der Waals surface area (Å²) in [4.78, 5) is 0. The topological polar surface area (TPSA) is 58.9 Å². The predicted octanol–water partition coefficient (Wildman–Crippen LogP) is 3.08.